The molecule has 0 aliphatic carbocycles. The molecule has 0 amide bonds. The third kappa shape index (κ3) is 24.4. The summed E-state index contributed by atoms with van der Waals surface area (Å²) in [4.78, 5) is 18.8. The van der Waals surface area contributed by atoms with E-state index >= 15 is 0 Å². The molecule has 0 saturated heterocycles. The first-order valence-corrected chi connectivity index (χ1v) is 33.7. The van der Waals surface area contributed by atoms with Crippen LogP contribution < -0.4 is 63.7 Å². The van der Waals surface area contributed by atoms with E-state index in [0.717, 1.165) is 0 Å². The Hall–Kier alpha value is -8.68. The van der Waals surface area contributed by atoms with Crippen molar-refractivity contribution in [1.82, 2.24) is 0 Å². The number of nitrogens with zero attached hydrogens (tertiary/aromatic N) is 2. The van der Waals surface area contributed by atoms with Gasteiger partial charge >= 0.3 is 11.9 Å². The maximum Gasteiger partial charge on any atom is 0.317 e. The van der Waals surface area contributed by atoms with Gasteiger partial charge in [-0.1, -0.05) is 364 Å². The van der Waals surface area contributed by atoms with Gasteiger partial charge < -0.3 is 10.2 Å². The molecule has 12 heteroatoms. The Morgan fingerprint density at radius 2 is 0.311 bits per heavy atom. The van der Waals surface area contributed by atoms with Gasteiger partial charge in [0.25, 0.3) is 0 Å². The summed E-state index contributed by atoms with van der Waals surface area (Å²) in [6.45, 7) is 0. The third-order valence-corrected chi connectivity index (χ3v) is 22.4. The van der Waals surface area contributed by atoms with Gasteiger partial charge in [0.2, 0.25) is 0 Å². The molecule has 0 spiro atoms. The van der Waals surface area contributed by atoms with E-state index in [1.54, 1.807) is 0 Å². The Morgan fingerprint density at radius 3 is 0.367 bits per heavy atom. The molecule has 0 bridgehead atoms. The number of carboxylic acid groups (broad SMARTS) is 2. The fourth-order valence-electron chi connectivity index (χ4n) is 8.85. The van der Waals surface area contributed by atoms with Crippen molar-refractivity contribution in [3.8, 4) is 12.1 Å². The van der Waals surface area contributed by atoms with Crippen molar-refractivity contribution in [1.29, 1.82) is 10.5 Å². The Labute approximate surface area is 556 Å². The summed E-state index contributed by atoms with van der Waals surface area (Å²) < 4.78 is 0. The number of hydrogen-bond acceptors (Lipinski definition) is 4. The molecule has 454 valence electrons. The molecule has 0 atom stereocenters. The first kappa shape index (κ1) is 72.1. The molecule has 0 fully saturated rings. The molecule has 0 aliphatic heterocycles. The maximum absolute atomic E-state index is 9.38. The smallest absolute Gasteiger partial charge is 0.317 e. The van der Waals surface area contributed by atoms with Crippen LogP contribution in [0.4, 0.5) is 0 Å². The number of nitriles is 2. The standard InChI is InChI=1S/4C18H15P.2C3H3NO2.2Cu/c4*1-4-10-16(11-5-1)19(17-12-6-2-7-13-17)18-14-8-3-9-15-18;2*4-2-1-3(5)6;;/h4*1-15H;2*1H2,(H,5,6);;. The minimum Gasteiger partial charge on any atom is -0.480 e. The second-order valence-electron chi connectivity index (χ2n) is 18.8. The number of carboxylic acids is 2. The predicted octanol–water partition coefficient (Wildman–Crippen LogP) is 13.7. The van der Waals surface area contributed by atoms with Crippen molar-refractivity contribution in [2.45, 2.75) is 12.8 Å². The van der Waals surface area contributed by atoms with Gasteiger partial charge in [-0.25, -0.2) is 0 Å². The molecule has 0 aliphatic rings. The van der Waals surface area contributed by atoms with Crippen LogP contribution in [0.15, 0.2) is 364 Å². The molecular formula is C78H66Cu2N2O4P4. The van der Waals surface area contributed by atoms with Gasteiger partial charge in [0.05, 0.1) is 12.1 Å². The SMILES string of the molecule is N#CCC(=O)O.N#CCC(=O)O.[Cu].[Cu].c1ccc(P(c2ccccc2)c2ccccc2)cc1.c1ccc(P(c2ccccc2)c2ccccc2)cc1.c1ccc(P(c2ccccc2)c2ccccc2)cc1.c1ccc(P(c2ccccc2)c2ccccc2)cc1. The molecule has 0 aromatic heterocycles. The van der Waals surface area contributed by atoms with Crippen LogP contribution in [0.5, 0.6) is 0 Å². The van der Waals surface area contributed by atoms with E-state index in [4.69, 9.17) is 20.7 Å². The Balaban J connectivity index is 0.000000204. The second-order valence-corrected chi connectivity index (χ2v) is 27.7. The first-order chi connectivity index (χ1) is 43.3. The zero-order chi connectivity index (χ0) is 61.6. The largest absolute Gasteiger partial charge is 0.480 e. The van der Waals surface area contributed by atoms with E-state index in [2.05, 4.69) is 364 Å². The molecule has 90 heavy (non-hydrogen) atoms. The summed E-state index contributed by atoms with van der Waals surface area (Å²) >= 11 is 0. The number of aliphatic carboxylic acids is 2. The maximum atomic E-state index is 9.38. The van der Waals surface area contributed by atoms with Crippen LogP contribution in [0.3, 0.4) is 0 Å². The Bertz CT molecular complexity index is 3060. The molecule has 12 rings (SSSR count). The fourth-order valence-corrected chi connectivity index (χ4v) is 18.1. The molecule has 2 radical (unpaired) electrons. The van der Waals surface area contributed by atoms with Gasteiger partial charge in [0.15, 0.2) is 0 Å². The normalized spacial score (nSPS) is 9.80. The number of rotatable bonds is 14. The van der Waals surface area contributed by atoms with Crippen molar-refractivity contribution in [3.63, 3.8) is 0 Å². The van der Waals surface area contributed by atoms with Crippen molar-refractivity contribution in [3.05, 3.63) is 364 Å². The van der Waals surface area contributed by atoms with Crippen LogP contribution in [-0.2, 0) is 43.7 Å². The Kier molecular flexibility index (Phi) is 33.9. The van der Waals surface area contributed by atoms with Crippen LogP contribution in [-0.4, -0.2) is 22.2 Å². The van der Waals surface area contributed by atoms with Crippen LogP contribution in [0, 0.1) is 22.7 Å². The zero-order valence-electron chi connectivity index (χ0n) is 49.1. The van der Waals surface area contributed by atoms with E-state index in [1.807, 2.05) is 0 Å². The van der Waals surface area contributed by atoms with E-state index in [9.17, 15) is 9.59 Å². The van der Waals surface area contributed by atoms with Gasteiger partial charge in [-0.3, -0.25) is 9.59 Å². The molecule has 12 aromatic carbocycles. The number of benzene rings is 12. The minimum atomic E-state index is -1.07. The zero-order valence-corrected chi connectivity index (χ0v) is 54.5. The van der Waals surface area contributed by atoms with E-state index < -0.39 is 56.5 Å². The molecular weight excluding hydrogens is 1280 g/mol. The molecule has 2 N–H and O–H groups in total. The molecule has 6 nitrogen and oxygen atoms in total. The first-order valence-electron chi connectivity index (χ1n) is 28.3. The molecule has 0 unspecified atom stereocenters. The summed E-state index contributed by atoms with van der Waals surface area (Å²) in [6, 6.07) is 132. The van der Waals surface area contributed by atoms with Gasteiger partial charge in [0, 0.05) is 34.1 Å². The minimum absolute atomic E-state index is 0. The topological polar surface area (TPSA) is 122 Å². The van der Waals surface area contributed by atoms with Crippen LogP contribution in [0.1, 0.15) is 12.8 Å². The van der Waals surface area contributed by atoms with Crippen molar-refractivity contribution < 1.29 is 53.9 Å². The van der Waals surface area contributed by atoms with Gasteiger partial charge in [-0.15, -0.1) is 0 Å². The van der Waals surface area contributed by atoms with E-state index in [-0.39, 0.29) is 34.1 Å². The quantitative estimate of drug-likeness (QED) is 0.0826. The van der Waals surface area contributed by atoms with Crippen molar-refractivity contribution in [2.75, 3.05) is 0 Å². The molecule has 0 heterocycles. The summed E-state index contributed by atoms with van der Waals surface area (Å²) in [7, 11) is -1.78. The fraction of sp³-hybridized carbons (Fsp3) is 0.0256. The van der Waals surface area contributed by atoms with Crippen molar-refractivity contribution in [2.24, 2.45) is 0 Å². The Morgan fingerprint density at radius 1 is 0.222 bits per heavy atom. The summed E-state index contributed by atoms with van der Waals surface area (Å²) in [5.41, 5.74) is 0. The van der Waals surface area contributed by atoms with E-state index in [1.165, 1.54) is 75.8 Å². The average molecular weight is 1350 g/mol. The second kappa shape index (κ2) is 42.3. The predicted molar refractivity (Wildman–Crippen MR) is 376 cm³/mol. The van der Waals surface area contributed by atoms with E-state index in [0.29, 0.717) is 0 Å². The molecule has 12 aromatic rings. The molecule has 0 saturated carbocycles. The van der Waals surface area contributed by atoms with Crippen LogP contribution in [0.2, 0.25) is 0 Å². The number of hydrogen-bond donors (Lipinski definition) is 2. The summed E-state index contributed by atoms with van der Waals surface area (Å²) in [5.74, 6) is -2.14. The monoisotopic (exact) mass is 1340 g/mol. The van der Waals surface area contributed by atoms with Crippen LogP contribution >= 0.6 is 31.7 Å². The van der Waals surface area contributed by atoms with Crippen molar-refractivity contribution >= 4 is 107 Å². The summed E-state index contributed by atoms with van der Waals surface area (Å²) in [5, 5.41) is 47.4. The number of carbonyl (C=O) groups is 2. The van der Waals surface area contributed by atoms with Crippen LogP contribution in [0.25, 0.3) is 0 Å². The van der Waals surface area contributed by atoms with Gasteiger partial charge in [0.1, 0.15) is 12.8 Å². The summed E-state index contributed by atoms with van der Waals surface area (Å²) in [6.07, 6.45) is -0.806. The van der Waals surface area contributed by atoms with Gasteiger partial charge in [-0.05, 0) is 95.3 Å². The third-order valence-electron chi connectivity index (χ3n) is 12.6. The van der Waals surface area contributed by atoms with Gasteiger partial charge in [-0.2, -0.15) is 10.5 Å². The average Bonchev–Trinajstić information content (AvgIpc) is 3.48.